The summed E-state index contributed by atoms with van der Waals surface area (Å²) in [5, 5.41) is 4.57. The lowest BCUT2D eigenvalue weighted by Gasteiger charge is -2.43. The Bertz CT molecular complexity index is 215. The summed E-state index contributed by atoms with van der Waals surface area (Å²) in [6.45, 7) is 10.7. The van der Waals surface area contributed by atoms with E-state index in [2.05, 4.69) is 51.0 Å². The molecule has 1 rings (SSSR count). The van der Waals surface area contributed by atoms with E-state index in [1.807, 2.05) is 0 Å². The largest absolute Gasteiger partial charge is 0.313 e. The van der Waals surface area contributed by atoms with Gasteiger partial charge in [-0.15, -0.1) is 0 Å². The fourth-order valence-electron chi connectivity index (χ4n) is 2.95. The summed E-state index contributed by atoms with van der Waals surface area (Å²) in [5.41, 5.74) is 0.531. The van der Waals surface area contributed by atoms with Crippen molar-refractivity contribution in [1.82, 2.24) is 5.32 Å². The third kappa shape index (κ3) is 4.17. The summed E-state index contributed by atoms with van der Waals surface area (Å²) >= 11 is 2.07. The van der Waals surface area contributed by atoms with Gasteiger partial charge in [-0.25, -0.2) is 0 Å². The van der Waals surface area contributed by atoms with Crippen LogP contribution in [0.25, 0.3) is 0 Å². The first-order chi connectivity index (χ1) is 8.05. The molecule has 1 saturated carbocycles. The van der Waals surface area contributed by atoms with Crippen molar-refractivity contribution in [2.24, 2.45) is 11.3 Å². The Morgan fingerprint density at radius 1 is 1.24 bits per heavy atom. The maximum Gasteiger partial charge on any atom is 0.0201 e. The van der Waals surface area contributed by atoms with Gasteiger partial charge in [-0.1, -0.05) is 34.1 Å². The molecular formula is C15H31NS. The minimum absolute atomic E-state index is 0.531. The third-order valence-electron chi connectivity index (χ3n) is 4.77. The molecule has 0 saturated heterocycles. The molecule has 3 atom stereocenters. The van der Waals surface area contributed by atoms with E-state index in [4.69, 9.17) is 0 Å². The highest BCUT2D eigenvalue weighted by Gasteiger charge is 2.36. The fourth-order valence-corrected chi connectivity index (χ4v) is 3.94. The molecule has 0 aliphatic heterocycles. The van der Waals surface area contributed by atoms with Crippen LogP contribution >= 0.6 is 11.8 Å². The van der Waals surface area contributed by atoms with Gasteiger partial charge in [0.15, 0.2) is 0 Å². The number of hydrogen-bond donors (Lipinski definition) is 1. The first-order valence-electron chi connectivity index (χ1n) is 7.31. The van der Waals surface area contributed by atoms with Crippen molar-refractivity contribution >= 4 is 11.8 Å². The van der Waals surface area contributed by atoms with Gasteiger partial charge in [-0.3, -0.25) is 0 Å². The molecule has 0 aromatic carbocycles. The molecule has 17 heavy (non-hydrogen) atoms. The highest BCUT2D eigenvalue weighted by molar-refractivity contribution is 7.99. The minimum Gasteiger partial charge on any atom is -0.313 e. The highest BCUT2D eigenvalue weighted by atomic mass is 32.2. The van der Waals surface area contributed by atoms with E-state index in [0.717, 1.165) is 17.2 Å². The Morgan fingerprint density at radius 2 is 1.94 bits per heavy atom. The monoisotopic (exact) mass is 257 g/mol. The van der Waals surface area contributed by atoms with Crippen LogP contribution in [0.3, 0.4) is 0 Å². The summed E-state index contributed by atoms with van der Waals surface area (Å²) in [7, 11) is 0. The molecule has 1 fully saturated rings. The van der Waals surface area contributed by atoms with E-state index in [-0.39, 0.29) is 0 Å². The van der Waals surface area contributed by atoms with Crippen molar-refractivity contribution in [3.63, 3.8) is 0 Å². The van der Waals surface area contributed by atoms with Crippen LogP contribution in [-0.2, 0) is 0 Å². The van der Waals surface area contributed by atoms with E-state index >= 15 is 0 Å². The molecule has 0 amide bonds. The average Bonchev–Trinajstić information content (AvgIpc) is 2.35. The normalized spacial score (nSPS) is 30.5. The maximum absolute atomic E-state index is 3.74. The number of thioether (sulfide) groups is 1. The Kier molecular flexibility index (Phi) is 6.36. The second kappa shape index (κ2) is 7.04. The topological polar surface area (TPSA) is 12.0 Å². The molecule has 1 N–H and O–H groups in total. The fraction of sp³-hybridized carbons (Fsp3) is 1.00. The van der Waals surface area contributed by atoms with Gasteiger partial charge in [-0.2, -0.15) is 11.8 Å². The maximum atomic E-state index is 3.74. The second-order valence-corrected chi connectivity index (χ2v) is 7.26. The lowest BCUT2D eigenvalue weighted by molar-refractivity contribution is 0.141. The van der Waals surface area contributed by atoms with Gasteiger partial charge < -0.3 is 5.32 Å². The zero-order chi connectivity index (χ0) is 12.9. The van der Waals surface area contributed by atoms with Gasteiger partial charge in [0.25, 0.3) is 0 Å². The number of nitrogens with one attached hydrogen (secondary N) is 1. The summed E-state index contributed by atoms with van der Waals surface area (Å²) in [6.07, 6.45) is 9.04. The number of hydrogen-bond acceptors (Lipinski definition) is 2. The highest BCUT2D eigenvalue weighted by Crippen LogP contribution is 2.43. The lowest BCUT2D eigenvalue weighted by Crippen LogP contribution is -2.45. The first-order valence-corrected chi connectivity index (χ1v) is 8.60. The quantitative estimate of drug-likeness (QED) is 0.760. The molecule has 0 aromatic heterocycles. The summed E-state index contributed by atoms with van der Waals surface area (Å²) in [4.78, 5) is 0. The van der Waals surface area contributed by atoms with E-state index in [9.17, 15) is 0 Å². The zero-order valence-corrected chi connectivity index (χ0v) is 13.2. The Morgan fingerprint density at radius 3 is 2.47 bits per heavy atom. The molecule has 2 heteroatoms. The molecule has 1 aliphatic rings. The molecule has 0 radical (unpaired) electrons. The smallest absolute Gasteiger partial charge is 0.0201 e. The summed E-state index contributed by atoms with van der Waals surface area (Å²) in [6, 6.07) is 0.758. The van der Waals surface area contributed by atoms with Crippen molar-refractivity contribution in [3.05, 3.63) is 0 Å². The second-order valence-electron chi connectivity index (χ2n) is 6.19. The summed E-state index contributed by atoms with van der Waals surface area (Å²) < 4.78 is 0. The zero-order valence-electron chi connectivity index (χ0n) is 12.4. The molecule has 0 bridgehead atoms. The van der Waals surface area contributed by atoms with Gasteiger partial charge in [0.1, 0.15) is 0 Å². The SMILES string of the molecule is CCCNC1CCC(C(C)(C)CC)CC1SC. The Balaban J connectivity index is 2.54. The van der Waals surface area contributed by atoms with E-state index in [1.165, 1.54) is 38.6 Å². The molecule has 3 unspecified atom stereocenters. The summed E-state index contributed by atoms with van der Waals surface area (Å²) in [5.74, 6) is 0.921. The van der Waals surface area contributed by atoms with Gasteiger partial charge in [0.2, 0.25) is 0 Å². The molecule has 102 valence electrons. The van der Waals surface area contributed by atoms with Gasteiger partial charge in [0.05, 0.1) is 0 Å². The predicted octanol–water partition coefficient (Wildman–Crippen LogP) is 4.32. The van der Waals surface area contributed by atoms with Crippen LogP contribution in [0.1, 0.15) is 59.8 Å². The Labute approximate surface area is 113 Å². The van der Waals surface area contributed by atoms with Crippen LogP contribution in [0.5, 0.6) is 0 Å². The molecule has 0 aromatic rings. The lowest BCUT2D eigenvalue weighted by atomic mass is 9.68. The van der Waals surface area contributed by atoms with Crippen molar-refractivity contribution in [1.29, 1.82) is 0 Å². The van der Waals surface area contributed by atoms with E-state index in [0.29, 0.717) is 5.41 Å². The Hall–Kier alpha value is 0.310. The van der Waals surface area contributed by atoms with Crippen molar-refractivity contribution < 1.29 is 0 Å². The molecule has 0 heterocycles. The van der Waals surface area contributed by atoms with Crippen LogP contribution < -0.4 is 5.32 Å². The van der Waals surface area contributed by atoms with Gasteiger partial charge in [0, 0.05) is 11.3 Å². The van der Waals surface area contributed by atoms with Crippen molar-refractivity contribution in [2.75, 3.05) is 12.8 Å². The van der Waals surface area contributed by atoms with Gasteiger partial charge in [-0.05, 0) is 49.8 Å². The molecular weight excluding hydrogens is 226 g/mol. The van der Waals surface area contributed by atoms with E-state index in [1.54, 1.807) is 0 Å². The molecule has 1 nitrogen and oxygen atoms in total. The molecule has 1 aliphatic carbocycles. The number of rotatable bonds is 6. The van der Waals surface area contributed by atoms with Gasteiger partial charge >= 0.3 is 0 Å². The van der Waals surface area contributed by atoms with Crippen LogP contribution in [0.2, 0.25) is 0 Å². The van der Waals surface area contributed by atoms with Crippen LogP contribution in [-0.4, -0.2) is 24.1 Å². The predicted molar refractivity (Wildman–Crippen MR) is 80.8 cm³/mol. The first kappa shape index (κ1) is 15.4. The van der Waals surface area contributed by atoms with Crippen LogP contribution in [0.4, 0.5) is 0 Å². The standard InChI is InChI=1S/C15H31NS/c1-6-10-16-13-9-8-12(11-14(13)17-5)15(3,4)7-2/h12-14,16H,6-11H2,1-5H3. The molecule has 0 spiro atoms. The van der Waals surface area contributed by atoms with E-state index < -0.39 is 0 Å². The van der Waals surface area contributed by atoms with Crippen LogP contribution in [0.15, 0.2) is 0 Å². The average molecular weight is 257 g/mol. The minimum atomic E-state index is 0.531. The third-order valence-corrected chi connectivity index (χ3v) is 5.89. The van der Waals surface area contributed by atoms with Crippen LogP contribution in [0, 0.1) is 11.3 Å². The van der Waals surface area contributed by atoms with Crippen molar-refractivity contribution in [3.8, 4) is 0 Å². The van der Waals surface area contributed by atoms with Crippen molar-refractivity contribution in [2.45, 2.75) is 71.1 Å².